The maximum Gasteiger partial charge on any atom is 0.232 e. The monoisotopic (exact) mass is 750 g/mol. The Kier molecular flexibility index (Phi) is 13.1. The molecule has 2 aliphatic rings. The molecule has 0 bridgehead atoms. The highest BCUT2D eigenvalue weighted by Gasteiger charge is 2.28. The number of benzene rings is 3. The van der Waals surface area contributed by atoms with Crippen LogP contribution in [0.3, 0.4) is 0 Å². The Morgan fingerprint density at radius 3 is 2.40 bits per heavy atom. The number of sulfonamides is 2. The first-order valence-corrected chi connectivity index (χ1v) is 21.4. The number of para-hydroxylation sites is 1. The van der Waals surface area contributed by atoms with Gasteiger partial charge in [-0.05, 0) is 73.7 Å². The third-order valence-electron chi connectivity index (χ3n) is 9.15. The lowest BCUT2D eigenvalue weighted by atomic mass is 9.95. The van der Waals surface area contributed by atoms with Crippen LogP contribution in [-0.2, 0) is 31.2 Å². The molecule has 3 aromatic rings. The van der Waals surface area contributed by atoms with Crippen LogP contribution in [-0.4, -0.2) is 80.1 Å². The Morgan fingerprint density at radius 1 is 0.885 bits per heavy atom. The van der Waals surface area contributed by atoms with Crippen molar-refractivity contribution in [1.29, 1.82) is 0 Å². The van der Waals surface area contributed by atoms with Crippen molar-refractivity contribution in [3.05, 3.63) is 76.9 Å². The van der Waals surface area contributed by atoms with Gasteiger partial charge in [0.05, 0.1) is 42.8 Å². The number of aliphatic imine (C=N–C) groups is 3. The van der Waals surface area contributed by atoms with Crippen LogP contribution >= 0.6 is 0 Å². The number of nitrogens with one attached hydrogen (secondary N) is 2. The van der Waals surface area contributed by atoms with E-state index in [9.17, 15) is 16.8 Å². The summed E-state index contributed by atoms with van der Waals surface area (Å²) >= 11 is 0. The third kappa shape index (κ3) is 9.98. The summed E-state index contributed by atoms with van der Waals surface area (Å²) < 4.78 is 67.6. The summed E-state index contributed by atoms with van der Waals surface area (Å²) in [6.07, 6.45) is 8.72. The molecule has 0 aliphatic carbocycles. The van der Waals surface area contributed by atoms with Crippen molar-refractivity contribution in [2.75, 3.05) is 60.3 Å². The van der Waals surface area contributed by atoms with Gasteiger partial charge in [-0.15, -0.1) is 0 Å². The van der Waals surface area contributed by atoms with Crippen LogP contribution in [0.15, 0.2) is 69.6 Å². The molecule has 0 fully saturated rings. The van der Waals surface area contributed by atoms with E-state index >= 15 is 0 Å². The van der Waals surface area contributed by atoms with E-state index in [0.717, 1.165) is 75.5 Å². The van der Waals surface area contributed by atoms with E-state index in [1.807, 2.05) is 6.07 Å². The summed E-state index contributed by atoms with van der Waals surface area (Å²) in [5.74, 6) is 0.940. The number of hydrogen-bond donors (Lipinski definition) is 2. The molecule has 0 radical (unpaired) electrons. The predicted octanol–water partition coefficient (Wildman–Crippen LogP) is 6.86. The number of methoxy groups -OCH3 is 2. The highest BCUT2D eigenvalue weighted by molar-refractivity contribution is 7.92. The molecule has 2 N–H and O–H groups in total. The number of unbranched alkanes of at least 4 members (excludes halogenated alkanes) is 5. The van der Waals surface area contributed by atoms with Crippen LogP contribution < -0.4 is 19.1 Å². The fourth-order valence-electron chi connectivity index (χ4n) is 6.49. The minimum Gasteiger partial charge on any atom is -0.497 e. The summed E-state index contributed by atoms with van der Waals surface area (Å²) in [6.45, 7) is 6.56. The second-order valence-corrected chi connectivity index (χ2v) is 16.7. The molecule has 3 aromatic carbocycles. The number of anilines is 3. The van der Waals surface area contributed by atoms with Gasteiger partial charge in [0.15, 0.2) is 11.7 Å². The molecule has 0 atom stereocenters. The van der Waals surface area contributed by atoms with Gasteiger partial charge >= 0.3 is 0 Å². The quantitative estimate of drug-likeness (QED) is 0.135. The first-order valence-electron chi connectivity index (χ1n) is 17.8. The lowest BCUT2D eigenvalue weighted by Gasteiger charge is -2.32. The van der Waals surface area contributed by atoms with Crippen molar-refractivity contribution in [3.63, 3.8) is 0 Å². The van der Waals surface area contributed by atoms with Gasteiger partial charge in [-0.3, -0.25) is 9.44 Å². The van der Waals surface area contributed by atoms with E-state index in [0.29, 0.717) is 47.0 Å². The Hall–Kier alpha value is -4.27. The number of ether oxygens (including phenoxy) is 2. The molecule has 280 valence electrons. The topological polar surface area (TPSA) is 151 Å². The van der Waals surface area contributed by atoms with Crippen molar-refractivity contribution in [2.24, 2.45) is 15.0 Å². The molecule has 12 nitrogen and oxygen atoms in total. The van der Waals surface area contributed by atoms with E-state index in [1.54, 1.807) is 49.6 Å². The fourth-order valence-corrected chi connectivity index (χ4v) is 8.26. The molecule has 0 aromatic heterocycles. The highest BCUT2D eigenvalue weighted by atomic mass is 32.2. The van der Waals surface area contributed by atoms with E-state index in [2.05, 4.69) is 34.3 Å². The van der Waals surface area contributed by atoms with Crippen LogP contribution in [0.25, 0.3) is 0 Å². The van der Waals surface area contributed by atoms with Gasteiger partial charge < -0.3 is 14.4 Å². The van der Waals surface area contributed by atoms with Gasteiger partial charge in [0.25, 0.3) is 0 Å². The molecule has 52 heavy (non-hydrogen) atoms. The number of rotatable bonds is 18. The zero-order chi connectivity index (χ0) is 37.3. The standard InChI is InChI=1S/C38H50N6O6S2/c1-6-7-8-9-10-13-25-52(47,48)43-34-26-28(50-4)18-19-30(34)36-38(41-37(40-36)31-15-11-12-17-33(31)42-51(5,45)46)39-32-20-21-35-29(27(32)2)16-14-22-44(35)23-24-49-3/h11-12,15,17-21,26,42-43H,6-10,13-14,16,22-25H2,1-5H3. The number of amidine groups is 2. The molecule has 0 spiro atoms. The van der Waals surface area contributed by atoms with Gasteiger partial charge in [-0.2, -0.15) is 0 Å². The SMILES string of the molecule is CCCCCCCCS(=O)(=O)Nc1cc(OC)ccc1C1=NC(c2ccccc2NS(C)(=O)=O)=NC1=Nc1ccc2c(c1C)CCCN2CCOC. The average Bonchev–Trinajstić information content (AvgIpc) is 3.52. The van der Waals surface area contributed by atoms with Crippen LogP contribution in [0.5, 0.6) is 5.75 Å². The Morgan fingerprint density at radius 2 is 1.65 bits per heavy atom. The zero-order valence-electron chi connectivity index (χ0n) is 30.7. The lowest BCUT2D eigenvalue weighted by Crippen LogP contribution is -2.32. The van der Waals surface area contributed by atoms with Crippen molar-refractivity contribution in [2.45, 2.75) is 65.2 Å². The summed E-state index contributed by atoms with van der Waals surface area (Å²) in [5.41, 5.74) is 5.93. The zero-order valence-corrected chi connectivity index (χ0v) is 32.4. The molecule has 2 heterocycles. The summed E-state index contributed by atoms with van der Waals surface area (Å²) in [6, 6.07) is 16.0. The van der Waals surface area contributed by atoms with Gasteiger partial charge in [0.2, 0.25) is 20.0 Å². The second-order valence-electron chi connectivity index (χ2n) is 13.1. The first-order chi connectivity index (χ1) is 24.9. The lowest BCUT2D eigenvalue weighted by molar-refractivity contribution is 0.205. The smallest absolute Gasteiger partial charge is 0.232 e. The normalized spacial score (nSPS) is 15.3. The van der Waals surface area contributed by atoms with Gasteiger partial charge in [-0.25, -0.2) is 31.8 Å². The van der Waals surface area contributed by atoms with Crippen LogP contribution in [0.1, 0.15) is 74.1 Å². The molecular formula is C38H50N6O6S2. The molecule has 0 unspecified atom stereocenters. The predicted molar refractivity (Wildman–Crippen MR) is 212 cm³/mol. The molecule has 2 aliphatic heterocycles. The number of fused-ring (bicyclic) bond motifs is 1. The van der Waals surface area contributed by atoms with Gasteiger partial charge in [-0.1, -0.05) is 51.2 Å². The average molecular weight is 751 g/mol. The number of nitrogens with zero attached hydrogens (tertiary/aromatic N) is 4. The maximum atomic E-state index is 13.4. The molecule has 0 saturated carbocycles. The molecule has 14 heteroatoms. The summed E-state index contributed by atoms with van der Waals surface area (Å²) in [4.78, 5) is 17.2. The molecular weight excluding hydrogens is 701 g/mol. The highest BCUT2D eigenvalue weighted by Crippen LogP contribution is 2.36. The fraction of sp³-hybridized carbons (Fsp3) is 0.447. The Labute approximate surface area is 308 Å². The largest absolute Gasteiger partial charge is 0.497 e. The van der Waals surface area contributed by atoms with Crippen molar-refractivity contribution in [1.82, 2.24) is 0 Å². The third-order valence-corrected chi connectivity index (χ3v) is 11.1. The van der Waals surface area contributed by atoms with Crippen molar-refractivity contribution >= 4 is 60.2 Å². The molecule has 0 saturated heterocycles. The minimum atomic E-state index is -3.73. The molecule has 0 amide bonds. The number of hydrogen-bond acceptors (Lipinski definition) is 9. The maximum absolute atomic E-state index is 13.4. The van der Waals surface area contributed by atoms with Gasteiger partial charge in [0.1, 0.15) is 11.5 Å². The Balaban J connectivity index is 1.59. The van der Waals surface area contributed by atoms with Gasteiger partial charge in [0, 0.05) is 43.1 Å². The van der Waals surface area contributed by atoms with Crippen LogP contribution in [0.4, 0.5) is 22.7 Å². The minimum absolute atomic E-state index is 0.0226. The summed E-state index contributed by atoms with van der Waals surface area (Å²) in [5, 5.41) is 0. The Bertz CT molecular complexity index is 2060. The van der Waals surface area contributed by atoms with E-state index in [1.165, 1.54) is 12.7 Å². The van der Waals surface area contributed by atoms with Crippen molar-refractivity contribution < 1.29 is 26.3 Å². The second kappa shape index (κ2) is 17.5. The van der Waals surface area contributed by atoms with E-state index < -0.39 is 20.0 Å². The van der Waals surface area contributed by atoms with Crippen LogP contribution in [0, 0.1) is 6.92 Å². The summed E-state index contributed by atoms with van der Waals surface area (Å²) in [7, 11) is -4.12. The van der Waals surface area contributed by atoms with E-state index in [-0.39, 0.29) is 23.1 Å². The molecule has 5 rings (SSSR count). The van der Waals surface area contributed by atoms with Crippen LogP contribution in [0.2, 0.25) is 0 Å². The van der Waals surface area contributed by atoms with Crippen molar-refractivity contribution in [3.8, 4) is 5.75 Å². The first kappa shape index (κ1) is 38.9. The van der Waals surface area contributed by atoms with E-state index in [4.69, 9.17) is 24.5 Å².